The zero-order chi connectivity index (χ0) is 14.6. The van der Waals surface area contributed by atoms with Gasteiger partial charge in [0.25, 0.3) is 0 Å². The van der Waals surface area contributed by atoms with E-state index in [2.05, 4.69) is 0 Å². The molecular weight excluding hydrogens is 279 g/mol. The summed E-state index contributed by atoms with van der Waals surface area (Å²) < 4.78 is 27.3. The second-order valence-electron chi connectivity index (χ2n) is 4.09. The van der Waals surface area contributed by atoms with Crippen molar-refractivity contribution < 1.29 is 38.8 Å². The fourth-order valence-electron chi connectivity index (χ4n) is 1.90. The van der Waals surface area contributed by atoms with Crippen molar-refractivity contribution in [2.24, 2.45) is 0 Å². The second kappa shape index (κ2) is 7.10. The molecule has 1 heterocycles. The lowest BCUT2D eigenvalue weighted by atomic mass is 10.1. The van der Waals surface area contributed by atoms with Gasteiger partial charge in [-0.1, -0.05) is 0 Å². The first-order valence-electron chi connectivity index (χ1n) is 6.10. The fraction of sp³-hybridized carbons (Fsp3) is 1.00. The highest BCUT2D eigenvalue weighted by atomic mass is 31.2. The minimum Gasteiger partial charge on any atom is -0.394 e. The average molecular weight is 300 g/mol. The van der Waals surface area contributed by atoms with E-state index >= 15 is 0 Å². The van der Waals surface area contributed by atoms with E-state index in [0.717, 1.165) is 0 Å². The minimum atomic E-state index is -3.88. The summed E-state index contributed by atoms with van der Waals surface area (Å²) in [5.74, 6) is -1.74. The predicted octanol–water partition coefficient (Wildman–Crippen LogP) is -0.948. The van der Waals surface area contributed by atoms with Crippen LogP contribution < -0.4 is 0 Å². The third kappa shape index (κ3) is 3.53. The van der Waals surface area contributed by atoms with Crippen LogP contribution in [0.5, 0.6) is 0 Å². The molecule has 9 heteroatoms. The van der Waals surface area contributed by atoms with Crippen LogP contribution in [-0.2, 0) is 18.3 Å². The van der Waals surface area contributed by atoms with Gasteiger partial charge in [0.15, 0.2) is 5.85 Å². The molecule has 0 amide bonds. The van der Waals surface area contributed by atoms with Crippen molar-refractivity contribution in [3.63, 3.8) is 0 Å². The Labute approximate surface area is 111 Å². The lowest BCUT2D eigenvalue weighted by molar-refractivity contribution is -0.0588. The van der Waals surface area contributed by atoms with Crippen LogP contribution in [0.15, 0.2) is 0 Å². The van der Waals surface area contributed by atoms with E-state index in [4.69, 9.17) is 18.9 Å². The topological polar surface area (TPSA) is 126 Å². The van der Waals surface area contributed by atoms with Crippen molar-refractivity contribution in [1.82, 2.24) is 0 Å². The van der Waals surface area contributed by atoms with E-state index in [0.29, 0.717) is 0 Å². The lowest BCUT2D eigenvalue weighted by Crippen LogP contribution is -2.39. The first-order valence-corrected chi connectivity index (χ1v) is 7.71. The normalized spacial score (nSPS) is 33.6. The van der Waals surface area contributed by atoms with Crippen LogP contribution >= 0.6 is 7.60 Å². The van der Waals surface area contributed by atoms with Gasteiger partial charge in [0, 0.05) is 0 Å². The average Bonchev–Trinajstić information content (AvgIpc) is 2.66. The molecule has 5 atom stereocenters. The highest BCUT2D eigenvalue weighted by Crippen LogP contribution is 2.54. The van der Waals surface area contributed by atoms with Gasteiger partial charge < -0.3 is 34.2 Å². The molecule has 0 saturated carbocycles. The summed E-state index contributed by atoms with van der Waals surface area (Å²) in [6.45, 7) is 2.71. The standard InChI is InChI=1S/C10H21O8P/c1-3-16-19(15,17-4-2)10(14)9-8(13)7(12)6(5-11)18-9/h6-14H,3-5H2,1-2H3/t6-,7-,8+,9+,10+/m1/s1. The van der Waals surface area contributed by atoms with E-state index in [-0.39, 0.29) is 13.2 Å². The van der Waals surface area contributed by atoms with Gasteiger partial charge in [-0.15, -0.1) is 0 Å². The van der Waals surface area contributed by atoms with E-state index in [1.54, 1.807) is 13.8 Å². The Balaban J connectivity index is 2.86. The molecule has 0 unspecified atom stereocenters. The van der Waals surface area contributed by atoms with Crippen LogP contribution in [0.2, 0.25) is 0 Å². The maximum Gasteiger partial charge on any atom is 0.361 e. The van der Waals surface area contributed by atoms with Crippen LogP contribution in [0.4, 0.5) is 0 Å². The molecule has 4 N–H and O–H groups in total. The molecule has 1 rings (SSSR count). The Kier molecular flexibility index (Phi) is 6.35. The molecule has 0 aromatic rings. The van der Waals surface area contributed by atoms with Gasteiger partial charge in [-0.2, -0.15) is 0 Å². The van der Waals surface area contributed by atoms with Gasteiger partial charge in [0.1, 0.15) is 24.4 Å². The Morgan fingerprint density at radius 2 is 1.74 bits per heavy atom. The number of hydrogen-bond donors (Lipinski definition) is 4. The molecular formula is C10H21O8P. The molecule has 1 saturated heterocycles. The summed E-state index contributed by atoms with van der Waals surface area (Å²) in [5, 5.41) is 38.3. The Hall–Kier alpha value is -0.0500. The Morgan fingerprint density at radius 3 is 2.11 bits per heavy atom. The fourth-order valence-corrected chi connectivity index (χ4v) is 3.61. The lowest BCUT2D eigenvalue weighted by Gasteiger charge is -2.27. The smallest absolute Gasteiger partial charge is 0.361 e. The van der Waals surface area contributed by atoms with Gasteiger partial charge in [0.2, 0.25) is 0 Å². The SMILES string of the molecule is CCOP(=O)(OCC)[C@H](O)[C@H]1O[C@H](CO)[C@@H](O)[C@@H]1O. The summed E-state index contributed by atoms with van der Waals surface area (Å²) in [6, 6.07) is 0. The van der Waals surface area contributed by atoms with Gasteiger partial charge >= 0.3 is 7.60 Å². The first kappa shape index (κ1) is 17.0. The number of aliphatic hydroxyl groups is 4. The van der Waals surface area contributed by atoms with E-state index in [1.165, 1.54) is 0 Å². The summed E-state index contributed by atoms with van der Waals surface area (Å²) in [4.78, 5) is 0. The van der Waals surface area contributed by atoms with Gasteiger partial charge in [-0.3, -0.25) is 4.57 Å². The zero-order valence-corrected chi connectivity index (χ0v) is 11.8. The molecule has 8 nitrogen and oxygen atoms in total. The third-order valence-corrected chi connectivity index (χ3v) is 4.99. The third-order valence-electron chi connectivity index (χ3n) is 2.82. The molecule has 1 aliphatic rings. The summed E-state index contributed by atoms with van der Waals surface area (Å²) in [6.07, 6.45) is -5.26. The molecule has 1 fully saturated rings. The highest BCUT2D eigenvalue weighted by Gasteiger charge is 2.52. The number of rotatable bonds is 7. The molecule has 19 heavy (non-hydrogen) atoms. The number of aliphatic hydroxyl groups excluding tert-OH is 4. The van der Waals surface area contributed by atoms with Gasteiger partial charge in [-0.25, -0.2) is 0 Å². The highest BCUT2D eigenvalue weighted by molar-refractivity contribution is 7.54. The summed E-state index contributed by atoms with van der Waals surface area (Å²) in [7, 11) is -3.88. The van der Waals surface area contributed by atoms with Crippen LogP contribution in [-0.4, -0.2) is 70.5 Å². The van der Waals surface area contributed by atoms with Crippen LogP contribution in [0.25, 0.3) is 0 Å². The van der Waals surface area contributed by atoms with Crippen LogP contribution in [0, 0.1) is 0 Å². The molecule has 1 aliphatic heterocycles. The van der Waals surface area contributed by atoms with Crippen molar-refractivity contribution in [2.75, 3.05) is 19.8 Å². The van der Waals surface area contributed by atoms with Crippen molar-refractivity contribution in [3.05, 3.63) is 0 Å². The first-order chi connectivity index (χ1) is 8.91. The molecule has 0 aromatic carbocycles. The number of ether oxygens (including phenoxy) is 1. The molecule has 114 valence electrons. The van der Waals surface area contributed by atoms with Crippen molar-refractivity contribution in [3.8, 4) is 0 Å². The monoisotopic (exact) mass is 300 g/mol. The van der Waals surface area contributed by atoms with Gasteiger partial charge in [-0.05, 0) is 13.8 Å². The predicted molar refractivity (Wildman–Crippen MR) is 64.6 cm³/mol. The Morgan fingerprint density at radius 1 is 1.21 bits per heavy atom. The maximum absolute atomic E-state index is 12.3. The van der Waals surface area contributed by atoms with E-state index in [9.17, 15) is 19.9 Å². The van der Waals surface area contributed by atoms with Crippen molar-refractivity contribution >= 4 is 7.60 Å². The zero-order valence-electron chi connectivity index (χ0n) is 10.9. The van der Waals surface area contributed by atoms with Crippen LogP contribution in [0.1, 0.15) is 13.8 Å². The molecule has 0 aromatic heterocycles. The maximum atomic E-state index is 12.3. The molecule has 0 spiro atoms. The second-order valence-corrected chi connectivity index (χ2v) is 6.22. The Bertz CT molecular complexity index is 315. The van der Waals surface area contributed by atoms with Crippen molar-refractivity contribution in [1.29, 1.82) is 0 Å². The minimum absolute atomic E-state index is 0.0448. The summed E-state index contributed by atoms with van der Waals surface area (Å²) in [5.41, 5.74) is 0. The molecule has 0 bridgehead atoms. The van der Waals surface area contributed by atoms with Crippen molar-refractivity contribution in [2.45, 2.75) is 44.1 Å². The largest absolute Gasteiger partial charge is 0.394 e. The number of hydrogen-bond acceptors (Lipinski definition) is 8. The van der Waals surface area contributed by atoms with Crippen LogP contribution in [0.3, 0.4) is 0 Å². The quantitative estimate of drug-likeness (QED) is 0.444. The van der Waals surface area contributed by atoms with E-state index < -0.39 is 44.5 Å². The van der Waals surface area contributed by atoms with Gasteiger partial charge in [0.05, 0.1) is 19.8 Å². The van der Waals surface area contributed by atoms with E-state index in [1.807, 2.05) is 0 Å². The molecule has 0 radical (unpaired) electrons. The summed E-state index contributed by atoms with van der Waals surface area (Å²) >= 11 is 0. The molecule has 0 aliphatic carbocycles.